The summed E-state index contributed by atoms with van der Waals surface area (Å²) in [6.07, 6.45) is -2.13. The Kier molecular flexibility index (Phi) is 4.90. The molecule has 1 N–H and O–H groups in total. The van der Waals surface area contributed by atoms with Crippen molar-refractivity contribution >= 4 is 22.6 Å². The van der Waals surface area contributed by atoms with Crippen molar-refractivity contribution in [3.63, 3.8) is 0 Å². The van der Waals surface area contributed by atoms with Crippen molar-refractivity contribution in [2.75, 3.05) is 14.2 Å². The number of hydrogen-bond acceptors (Lipinski definition) is 6. The van der Waals surface area contributed by atoms with Crippen molar-refractivity contribution in [3.8, 4) is 23.1 Å². The van der Waals surface area contributed by atoms with Crippen LogP contribution in [0.25, 0.3) is 28.2 Å². The Morgan fingerprint density at radius 3 is 2.60 bits per heavy atom. The van der Waals surface area contributed by atoms with E-state index >= 15 is 0 Å². The highest BCUT2D eigenvalue weighted by atomic mass is 35.5. The van der Waals surface area contributed by atoms with Gasteiger partial charge in [-0.2, -0.15) is 18.3 Å². The van der Waals surface area contributed by atoms with E-state index in [4.69, 9.17) is 16.3 Å². The van der Waals surface area contributed by atoms with Crippen molar-refractivity contribution in [2.45, 2.75) is 12.3 Å². The van der Waals surface area contributed by atoms with Crippen LogP contribution in [0.4, 0.5) is 13.2 Å². The maximum absolute atomic E-state index is 13.2. The number of imidazole rings is 1. The van der Waals surface area contributed by atoms with Crippen molar-refractivity contribution < 1.29 is 22.6 Å². The zero-order chi connectivity index (χ0) is 21.6. The van der Waals surface area contributed by atoms with Crippen LogP contribution in [-0.4, -0.2) is 54.7 Å². The van der Waals surface area contributed by atoms with Gasteiger partial charge in [0.05, 0.1) is 19.0 Å². The van der Waals surface area contributed by atoms with Crippen LogP contribution in [0, 0.1) is 0 Å². The van der Waals surface area contributed by atoms with E-state index in [0.29, 0.717) is 22.4 Å². The number of methoxy groups -OCH3 is 2. The van der Waals surface area contributed by atoms with E-state index in [1.165, 1.54) is 13.4 Å². The Labute approximate surface area is 172 Å². The largest absolute Gasteiger partial charge is 0.480 e. The van der Waals surface area contributed by atoms with Crippen molar-refractivity contribution in [1.29, 1.82) is 0 Å². The quantitative estimate of drug-likeness (QED) is 0.509. The van der Waals surface area contributed by atoms with E-state index in [-0.39, 0.29) is 16.7 Å². The number of aryl methyl sites for hydroxylation is 1. The molecule has 9 nitrogen and oxygen atoms in total. The molecule has 0 aromatic carbocycles. The molecule has 158 valence electrons. The first kappa shape index (κ1) is 20.2. The molecule has 0 unspecified atom stereocenters. The molecule has 0 aliphatic heterocycles. The first-order valence-electron chi connectivity index (χ1n) is 8.49. The average Bonchev–Trinajstić information content (AvgIpc) is 3.41. The number of hydrogen-bond donors (Lipinski definition) is 1. The second kappa shape index (κ2) is 7.29. The summed E-state index contributed by atoms with van der Waals surface area (Å²) in [7, 11) is 4.09. The molecule has 0 bridgehead atoms. The third-order valence-electron chi connectivity index (χ3n) is 4.52. The van der Waals surface area contributed by atoms with Gasteiger partial charge in [0.15, 0.2) is 11.6 Å². The van der Waals surface area contributed by atoms with Gasteiger partial charge in [0.25, 0.3) is 0 Å². The lowest BCUT2D eigenvalue weighted by Gasteiger charge is -2.15. The van der Waals surface area contributed by atoms with Crippen molar-refractivity contribution in [1.82, 2.24) is 34.3 Å². The molecule has 0 saturated carbocycles. The number of alkyl halides is 3. The topological polar surface area (TPSA) is 95.7 Å². The van der Waals surface area contributed by atoms with E-state index in [9.17, 15) is 13.2 Å². The van der Waals surface area contributed by atoms with E-state index in [1.54, 1.807) is 34.6 Å². The summed E-state index contributed by atoms with van der Waals surface area (Å²) >= 11 is 6.22. The van der Waals surface area contributed by atoms with Crippen LogP contribution >= 0.6 is 11.6 Å². The van der Waals surface area contributed by atoms with Crippen molar-refractivity contribution in [3.05, 3.63) is 35.6 Å². The fourth-order valence-corrected chi connectivity index (χ4v) is 3.44. The summed E-state index contributed by atoms with van der Waals surface area (Å²) in [6.45, 7) is 0. The number of rotatable bonds is 5. The third kappa shape index (κ3) is 3.17. The SMILES string of the molecule is COc1nc2c(-n3ccnc3)c(-c3n[nH]c([C@H](OC)C(F)(F)F)n3)n(C)c2cc1Cl. The standard InChI is InChI=1S/C17H15ClF3N7O2/c1-27-9-6-8(18)16(30-3)23-10(9)11(28-5-4-22-7-28)12(27)14-24-15(26-25-14)13(29-2)17(19,20)21/h4-7,13H,1-3H3,(H,24,25,26)/t13-/m0/s1. The molecule has 1 atom stereocenters. The van der Waals surface area contributed by atoms with Gasteiger partial charge in [0, 0.05) is 26.6 Å². The van der Waals surface area contributed by atoms with E-state index in [0.717, 1.165) is 7.11 Å². The molecule has 0 saturated heterocycles. The number of nitrogens with zero attached hydrogens (tertiary/aromatic N) is 6. The zero-order valence-corrected chi connectivity index (χ0v) is 16.7. The van der Waals surface area contributed by atoms with Gasteiger partial charge in [-0.25, -0.2) is 15.0 Å². The van der Waals surface area contributed by atoms with Gasteiger partial charge >= 0.3 is 6.18 Å². The molecule has 0 radical (unpaired) electrons. The average molecular weight is 442 g/mol. The number of fused-ring (bicyclic) bond motifs is 1. The van der Waals surface area contributed by atoms with Crippen LogP contribution in [0.5, 0.6) is 5.88 Å². The van der Waals surface area contributed by atoms with Crippen LogP contribution in [-0.2, 0) is 11.8 Å². The first-order chi connectivity index (χ1) is 14.3. The van der Waals surface area contributed by atoms with Crippen LogP contribution in [0.15, 0.2) is 24.8 Å². The third-order valence-corrected chi connectivity index (χ3v) is 4.79. The first-order valence-corrected chi connectivity index (χ1v) is 8.87. The number of nitrogens with one attached hydrogen (secondary N) is 1. The highest BCUT2D eigenvalue weighted by molar-refractivity contribution is 6.32. The van der Waals surface area contributed by atoms with Crippen LogP contribution < -0.4 is 4.74 Å². The Morgan fingerprint density at radius 1 is 1.23 bits per heavy atom. The zero-order valence-electron chi connectivity index (χ0n) is 15.9. The van der Waals surface area contributed by atoms with Gasteiger partial charge in [0.1, 0.15) is 21.9 Å². The predicted molar refractivity (Wildman–Crippen MR) is 101 cm³/mol. The Morgan fingerprint density at radius 2 is 2.00 bits per heavy atom. The molecular formula is C17H15ClF3N7O2. The van der Waals surface area contributed by atoms with E-state index < -0.39 is 18.1 Å². The molecule has 4 heterocycles. The summed E-state index contributed by atoms with van der Waals surface area (Å²) in [6, 6.07) is 1.65. The molecular weight excluding hydrogens is 427 g/mol. The Bertz CT molecular complexity index is 1200. The van der Waals surface area contributed by atoms with Crippen molar-refractivity contribution in [2.24, 2.45) is 7.05 Å². The molecule has 0 fully saturated rings. The lowest BCUT2D eigenvalue weighted by atomic mass is 10.3. The molecule has 13 heteroatoms. The second-order valence-corrected chi connectivity index (χ2v) is 6.68. The highest BCUT2D eigenvalue weighted by Crippen LogP contribution is 2.38. The van der Waals surface area contributed by atoms with Gasteiger partial charge in [-0.05, 0) is 6.07 Å². The summed E-state index contributed by atoms with van der Waals surface area (Å²) in [5.74, 6) is -0.240. The molecule has 4 aromatic heterocycles. The minimum atomic E-state index is -4.65. The fraction of sp³-hybridized carbons (Fsp3) is 0.294. The van der Waals surface area contributed by atoms with Crippen LogP contribution in [0.2, 0.25) is 5.02 Å². The Hall–Kier alpha value is -3.12. The molecule has 0 aliphatic rings. The lowest BCUT2D eigenvalue weighted by Crippen LogP contribution is -2.23. The number of aromatic nitrogens is 7. The minimum absolute atomic E-state index is 0.0237. The monoisotopic (exact) mass is 441 g/mol. The maximum atomic E-state index is 13.2. The summed E-state index contributed by atoms with van der Waals surface area (Å²) < 4.78 is 52.8. The van der Waals surface area contributed by atoms with E-state index in [1.807, 2.05) is 0 Å². The highest BCUT2D eigenvalue weighted by Gasteiger charge is 2.43. The molecule has 4 aromatic rings. The number of halogens is 4. The summed E-state index contributed by atoms with van der Waals surface area (Å²) in [5.41, 5.74) is 1.99. The predicted octanol–water partition coefficient (Wildman–Crippen LogP) is 3.46. The number of H-pyrrole nitrogens is 1. The molecule has 30 heavy (non-hydrogen) atoms. The smallest absolute Gasteiger partial charge is 0.421 e. The number of pyridine rings is 1. The summed E-state index contributed by atoms with van der Waals surface area (Å²) in [4.78, 5) is 12.6. The Balaban J connectivity index is 1.98. The lowest BCUT2D eigenvalue weighted by molar-refractivity contribution is -0.218. The second-order valence-electron chi connectivity index (χ2n) is 6.27. The maximum Gasteiger partial charge on any atom is 0.421 e. The van der Waals surface area contributed by atoms with Gasteiger partial charge in [-0.3, -0.25) is 5.10 Å². The van der Waals surface area contributed by atoms with Gasteiger partial charge < -0.3 is 18.6 Å². The summed E-state index contributed by atoms with van der Waals surface area (Å²) in [5, 5.41) is 6.60. The molecule has 4 rings (SSSR count). The molecule has 0 aliphatic carbocycles. The number of ether oxygens (including phenoxy) is 2. The van der Waals surface area contributed by atoms with Gasteiger partial charge in [0.2, 0.25) is 12.0 Å². The van der Waals surface area contributed by atoms with Crippen LogP contribution in [0.1, 0.15) is 11.9 Å². The number of aromatic amines is 1. The normalized spacial score (nSPS) is 13.2. The van der Waals surface area contributed by atoms with Gasteiger partial charge in [-0.15, -0.1) is 0 Å². The van der Waals surface area contributed by atoms with E-state index in [2.05, 4.69) is 29.9 Å². The minimum Gasteiger partial charge on any atom is -0.480 e. The molecule has 0 spiro atoms. The molecule has 0 amide bonds. The fourth-order valence-electron chi connectivity index (χ4n) is 3.22. The van der Waals surface area contributed by atoms with Gasteiger partial charge in [-0.1, -0.05) is 11.6 Å². The van der Waals surface area contributed by atoms with Crippen LogP contribution in [0.3, 0.4) is 0 Å².